The molecule has 0 heterocycles. The Morgan fingerprint density at radius 1 is 0.412 bits per heavy atom. The lowest BCUT2D eigenvalue weighted by Crippen LogP contribution is -2.42. The van der Waals surface area contributed by atoms with E-state index in [1.54, 1.807) is 24.3 Å². The van der Waals surface area contributed by atoms with Gasteiger partial charge in [0.05, 0.1) is 58.6 Å². The molecule has 0 saturated heterocycles. The molecule has 2 aliphatic rings. The third-order valence-electron chi connectivity index (χ3n) is 16.0. The number of rotatable bonds is 31. The zero-order chi connectivity index (χ0) is 58.8. The number of nitrogens with one attached hydrogen (secondary N) is 6. The molecule has 434 valence electrons. The van der Waals surface area contributed by atoms with E-state index in [4.69, 9.17) is 0 Å². The van der Waals surface area contributed by atoms with Crippen molar-refractivity contribution >= 4 is 66.0 Å². The molecule has 0 spiro atoms. The molecular formula is C62H84N6O10S2. The predicted molar refractivity (Wildman–Crippen MR) is 319 cm³/mol. The predicted octanol–water partition coefficient (Wildman–Crippen LogP) is 8.74. The fraction of sp³-hybridized carbons (Fsp3) is 0.516. The van der Waals surface area contributed by atoms with Gasteiger partial charge in [-0.2, -0.15) is 0 Å². The number of hydrogen-bond acceptors (Lipinski definition) is 14. The minimum Gasteiger partial charge on any atom is -0.324 e. The molecule has 6 N–H and O–H groups in total. The topological polar surface area (TPSA) is 243 Å². The molecule has 0 aromatic heterocycles. The van der Waals surface area contributed by atoms with Crippen LogP contribution in [-0.4, -0.2) is 125 Å². The summed E-state index contributed by atoms with van der Waals surface area (Å²) in [4.78, 5) is 85.5. The first-order valence-electron chi connectivity index (χ1n) is 28.1. The van der Waals surface area contributed by atoms with Crippen LogP contribution in [0.25, 0.3) is 11.1 Å². The van der Waals surface area contributed by atoms with E-state index in [9.17, 15) is 45.6 Å². The number of carbonyl (C=O) groups excluding carboxylic acids is 6. The fourth-order valence-electron chi connectivity index (χ4n) is 9.86. The lowest BCUT2D eigenvalue weighted by atomic mass is 9.75. The van der Waals surface area contributed by atoms with E-state index in [0.29, 0.717) is 13.1 Å². The van der Waals surface area contributed by atoms with Crippen molar-refractivity contribution in [3.63, 3.8) is 0 Å². The van der Waals surface area contributed by atoms with Gasteiger partial charge < -0.3 is 31.9 Å². The molecule has 6 rings (SSSR count). The highest BCUT2D eigenvalue weighted by atomic mass is 32.2. The molecule has 16 nitrogen and oxygen atoms in total. The standard InChI is InChI=1S/C62H84N6O10S2/c1-11-59(3,4)27-29-61(7,8)65-33-37-79(75,76)35-17-31-63-39-49(69)67-47-25-23-41(51-53(47)57(73)45-21-15-13-19-43(45)55(51)71)42-24-26-48(54-52(42)56(72)44-20-14-16-22-46(44)58(54)74)68-50(70)40-64-32-18-36-80(77,78)38-34-66-62(9,10)30-28-60(5,6)12-2/h13-16,19-26,63-66H,11-12,17-18,27-40H2,1-10H3,(H,67,69)(H,68,70). The molecule has 0 aliphatic heterocycles. The van der Waals surface area contributed by atoms with E-state index in [-0.39, 0.29) is 151 Å². The Morgan fingerprint density at radius 3 is 1.06 bits per heavy atom. The number of anilines is 2. The zero-order valence-electron chi connectivity index (χ0n) is 48.6. The Morgan fingerprint density at radius 2 is 0.738 bits per heavy atom. The van der Waals surface area contributed by atoms with Crippen LogP contribution in [0.3, 0.4) is 0 Å². The van der Waals surface area contributed by atoms with E-state index in [0.717, 1.165) is 38.5 Å². The molecule has 0 unspecified atom stereocenters. The summed E-state index contributed by atoms with van der Waals surface area (Å²) in [6.45, 7) is 22.2. The van der Waals surface area contributed by atoms with Crippen molar-refractivity contribution in [3.8, 4) is 11.1 Å². The number of sulfone groups is 2. The zero-order valence-corrected chi connectivity index (χ0v) is 50.2. The highest BCUT2D eigenvalue weighted by Crippen LogP contribution is 2.44. The van der Waals surface area contributed by atoms with Crippen molar-refractivity contribution in [2.75, 3.05) is 72.9 Å². The third kappa shape index (κ3) is 16.7. The molecule has 0 saturated carbocycles. The van der Waals surface area contributed by atoms with E-state index < -0.39 is 54.6 Å². The Hall–Kier alpha value is -5.76. The number of fused-ring (bicyclic) bond motifs is 4. The van der Waals surface area contributed by atoms with Gasteiger partial charge >= 0.3 is 0 Å². The Labute approximate surface area is 474 Å². The van der Waals surface area contributed by atoms with E-state index >= 15 is 0 Å². The molecule has 4 aromatic carbocycles. The molecule has 2 aliphatic carbocycles. The van der Waals surface area contributed by atoms with Gasteiger partial charge in [-0.05, 0) is 113 Å². The number of ketones is 4. The molecule has 0 fully saturated rings. The van der Waals surface area contributed by atoms with Crippen LogP contribution in [0.4, 0.5) is 11.4 Å². The van der Waals surface area contributed by atoms with Crippen molar-refractivity contribution in [2.45, 2.75) is 132 Å². The van der Waals surface area contributed by atoms with Crippen molar-refractivity contribution in [2.24, 2.45) is 10.8 Å². The average Bonchev–Trinajstić information content (AvgIpc) is 3.42. The number of benzene rings is 4. The second kappa shape index (κ2) is 26.4. The molecule has 2 amide bonds. The summed E-state index contributed by atoms with van der Waals surface area (Å²) >= 11 is 0. The Bertz CT molecular complexity index is 3000. The first kappa shape index (κ1) is 63.4. The summed E-state index contributed by atoms with van der Waals surface area (Å²) in [5, 5.41) is 18.3. The maximum atomic E-state index is 14.7. The van der Waals surface area contributed by atoms with Crippen LogP contribution in [0.2, 0.25) is 0 Å². The van der Waals surface area contributed by atoms with Gasteiger partial charge in [0.1, 0.15) is 0 Å². The Kier molecular flexibility index (Phi) is 21.0. The fourth-order valence-corrected chi connectivity index (χ4v) is 12.3. The molecular weight excluding hydrogens is 1050 g/mol. The molecule has 0 bridgehead atoms. The maximum Gasteiger partial charge on any atom is 0.238 e. The van der Waals surface area contributed by atoms with E-state index in [1.165, 1.54) is 48.5 Å². The smallest absolute Gasteiger partial charge is 0.238 e. The summed E-state index contributed by atoms with van der Waals surface area (Å²) in [6, 6.07) is 18.5. The van der Waals surface area contributed by atoms with E-state index in [1.807, 2.05) is 0 Å². The molecule has 4 aromatic rings. The van der Waals surface area contributed by atoms with Crippen molar-refractivity contribution in [1.82, 2.24) is 21.3 Å². The molecule has 0 radical (unpaired) electrons. The number of amides is 2. The van der Waals surface area contributed by atoms with Gasteiger partial charge in [0.2, 0.25) is 11.8 Å². The summed E-state index contributed by atoms with van der Waals surface area (Å²) in [5.41, 5.74) is 0.386. The van der Waals surface area contributed by atoms with Gasteiger partial charge in [0, 0.05) is 57.5 Å². The van der Waals surface area contributed by atoms with Crippen molar-refractivity contribution in [1.29, 1.82) is 0 Å². The summed E-state index contributed by atoms with van der Waals surface area (Å²) in [7, 11) is -6.76. The monoisotopic (exact) mass is 1140 g/mol. The highest BCUT2D eigenvalue weighted by molar-refractivity contribution is 7.91. The van der Waals surface area contributed by atoms with Crippen LogP contribution in [0.15, 0.2) is 72.8 Å². The van der Waals surface area contributed by atoms with Crippen LogP contribution < -0.4 is 31.9 Å². The normalized spacial score (nSPS) is 13.9. The SMILES string of the molecule is CCC(C)(C)CCC(C)(C)NCCS(=O)(=O)CCCNCC(=O)Nc1ccc(-c2ccc(NC(=O)CNCCCS(=O)(=O)CCNC(C)(C)CCC(C)(C)CC)c3c2C(=O)c2ccccc2C3=O)c2c1C(=O)c1ccccc1C2=O. The van der Waals surface area contributed by atoms with Crippen LogP contribution in [0.5, 0.6) is 0 Å². The third-order valence-corrected chi connectivity index (χ3v) is 19.5. The second-order valence-corrected chi connectivity index (χ2v) is 29.0. The lowest BCUT2D eigenvalue weighted by molar-refractivity contribution is -0.116. The maximum absolute atomic E-state index is 14.7. The minimum atomic E-state index is -3.38. The molecule has 18 heteroatoms. The summed E-state index contributed by atoms with van der Waals surface area (Å²) in [6.07, 6.45) is 6.51. The Balaban J connectivity index is 1.14. The van der Waals surface area contributed by atoms with Gasteiger partial charge in [-0.25, -0.2) is 16.8 Å². The van der Waals surface area contributed by atoms with Gasteiger partial charge in [-0.1, -0.05) is 115 Å². The first-order valence-corrected chi connectivity index (χ1v) is 31.8. The minimum absolute atomic E-state index is 0.0145. The molecule has 80 heavy (non-hydrogen) atoms. The first-order chi connectivity index (χ1) is 37.5. The van der Waals surface area contributed by atoms with Gasteiger partial charge in [-0.15, -0.1) is 0 Å². The van der Waals surface area contributed by atoms with Crippen LogP contribution in [-0.2, 0) is 29.3 Å². The number of hydrogen-bond donors (Lipinski definition) is 6. The quantitative estimate of drug-likeness (QED) is 0.0223. The second-order valence-electron chi connectivity index (χ2n) is 24.3. The summed E-state index contributed by atoms with van der Waals surface area (Å²) in [5.74, 6) is -3.50. The van der Waals surface area contributed by atoms with Crippen LogP contribution in [0.1, 0.15) is 184 Å². The number of carbonyl (C=O) groups is 6. The highest BCUT2D eigenvalue weighted by Gasteiger charge is 2.39. The summed E-state index contributed by atoms with van der Waals surface area (Å²) < 4.78 is 51.7. The van der Waals surface area contributed by atoms with Crippen LogP contribution >= 0.6 is 0 Å². The lowest BCUT2D eigenvalue weighted by Gasteiger charge is -2.31. The average molecular weight is 1140 g/mol. The van der Waals surface area contributed by atoms with Gasteiger partial charge in [0.25, 0.3) is 0 Å². The molecule has 0 atom stereocenters. The largest absolute Gasteiger partial charge is 0.324 e. The van der Waals surface area contributed by atoms with Crippen LogP contribution in [0, 0.1) is 10.8 Å². The van der Waals surface area contributed by atoms with E-state index in [2.05, 4.69) is 101 Å². The van der Waals surface area contributed by atoms with Crippen molar-refractivity contribution < 1.29 is 45.6 Å². The van der Waals surface area contributed by atoms with Gasteiger partial charge in [-0.3, -0.25) is 28.8 Å². The van der Waals surface area contributed by atoms with Gasteiger partial charge in [0.15, 0.2) is 42.8 Å². The van der Waals surface area contributed by atoms with Crippen molar-refractivity contribution in [3.05, 3.63) is 117 Å².